The lowest BCUT2D eigenvalue weighted by atomic mass is 10.0. The SMILES string of the molecule is CC(C)c1ccc(Cn2c(CCCNC(=O)c3ccccc3Cl)nc3ccccc32)cc1. The van der Waals surface area contributed by atoms with Gasteiger partial charge in [-0.1, -0.05) is 74.0 Å². The molecule has 1 aromatic heterocycles. The highest BCUT2D eigenvalue weighted by molar-refractivity contribution is 6.33. The maximum Gasteiger partial charge on any atom is 0.252 e. The highest BCUT2D eigenvalue weighted by atomic mass is 35.5. The summed E-state index contributed by atoms with van der Waals surface area (Å²) in [6, 6.07) is 24.2. The third-order valence-corrected chi connectivity index (χ3v) is 6.03. The molecule has 32 heavy (non-hydrogen) atoms. The number of amides is 1. The Balaban J connectivity index is 1.45. The molecule has 0 aliphatic rings. The van der Waals surface area contributed by atoms with Gasteiger partial charge in [0.1, 0.15) is 5.82 Å². The van der Waals surface area contributed by atoms with E-state index >= 15 is 0 Å². The van der Waals surface area contributed by atoms with Crippen LogP contribution >= 0.6 is 11.6 Å². The average Bonchev–Trinajstić information content (AvgIpc) is 3.14. The quantitative estimate of drug-likeness (QED) is 0.327. The van der Waals surface area contributed by atoms with Crippen LogP contribution in [-0.2, 0) is 13.0 Å². The van der Waals surface area contributed by atoms with Crippen molar-refractivity contribution in [2.24, 2.45) is 0 Å². The Labute approximate surface area is 194 Å². The van der Waals surface area contributed by atoms with Gasteiger partial charge in [-0.3, -0.25) is 4.79 Å². The number of rotatable bonds is 8. The summed E-state index contributed by atoms with van der Waals surface area (Å²) in [6.45, 7) is 5.76. The zero-order chi connectivity index (χ0) is 22.5. The van der Waals surface area contributed by atoms with E-state index in [2.05, 4.69) is 66.2 Å². The molecule has 0 saturated carbocycles. The van der Waals surface area contributed by atoms with Crippen LogP contribution in [0.1, 0.15) is 53.5 Å². The van der Waals surface area contributed by atoms with Crippen molar-refractivity contribution in [1.29, 1.82) is 0 Å². The summed E-state index contributed by atoms with van der Waals surface area (Å²) in [7, 11) is 0. The Hall–Kier alpha value is -3.11. The molecule has 0 radical (unpaired) electrons. The lowest BCUT2D eigenvalue weighted by Gasteiger charge is -2.12. The first-order chi connectivity index (χ1) is 15.5. The molecule has 0 fully saturated rings. The van der Waals surface area contributed by atoms with Crippen molar-refractivity contribution in [3.05, 3.63) is 100 Å². The summed E-state index contributed by atoms with van der Waals surface area (Å²) in [4.78, 5) is 17.3. The van der Waals surface area contributed by atoms with Crippen LogP contribution in [0, 0.1) is 0 Å². The van der Waals surface area contributed by atoms with E-state index in [1.54, 1.807) is 12.1 Å². The molecule has 0 saturated heterocycles. The second kappa shape index (κ2) is 10.0. The van der Waals surface area contributed by atoms with Gasteiger partial charge in [0.25, 0.3) is 5.91 Å². The molecule has 1 amide bonds. The van der Waals surface area contributed by atoms with Gasteiger partial charge in [-0.15, -0.1) is 0 Å². The maximum atomic E-state index is 12.4. The summed E-state index contributed by atoms with van der Waals surface area (Å²) < 4.78 is 2.29. The number of benzene rings is 3. The minimum atomic E-state index is -0.144. The number of carbonyl (C=O) groups is 1. The molecule has 5 heteroatoms. The Kier molecular flexibility index (Phi) is 6.91. The van der Waals surface area contributed by atoms with Crippen LogP contribution in [0.5, 0.6) is 0 Å². The highest BCUT2D eigenvalue weighted by Crippen LogP contribution is 2.21. The van der Waals surface area contributed by atoms with Gasteiger partial charge in [0.2, 0.25) is 0 Å². The van der Waals surface area contributed by atoms with Gasteiger partial charge in [-0.25, -0.2) is 4.98 Å². The fourth-order valence-corrected chi connectivity index (χ4v) is 4.09. The van der Waals surface area contributed by atoms with Gasteiger partial charge >= 0.3 is 0 Å². The number of hydrogen-bond donors (Lipinski definition) is 1. The van der Waals surface area contributed by atoms with Gasteiger partial charge in [0, 0.05) is 19.5 Å². The number of aromatic nitrogens is 2. The summed E-state index contributed by atoms with van der Waals surface area (Å²) >= 11 is 6.12. The Morgan fingerprint density at radius 2 is 1.72 bits per heavy atom. The number of fused-ring (bicyclic) bond motifs is 1. The molecule has 0 aliphatic heterocycles. The minimum Gasteiger partial charge on any atom is -0.352 e. The fraction of sp³-hybridized carbons (Fsp3) is 0.259. The number of hydrogen-bond acceptors (Lipinski definition) is 2. The smallest absolute Gasteiger partial charge is 0.252 e. The van der Waals surface area contributed by atoms with E-state index in [0.29, 0.717) is 23.0 Å². The van der Waals surface area contributed by atoms with E-state index in [4.69, 9.17) is 16.6 Å². The molecule has 4 aromatic rings. The summed E-state index contributed by atoms with van der Waals surface area (Å²) in [5.74, 6) is 1.41. The highest BCUT2D eigenvalue weighted by Gasteiger charge is 2.12. The van der Waals surface area contributed by atoms with Gasteiger partial charge in [0.05, 0.1) is 21.6 Å². The molecule has 1 N–H and O–H groups in total. The first-order valence-electron chi connectivity index (χ1n) is 11.1. The van der Waals surface area contributed by atoms with Crippen LogP contribution < -0.4 is 5.32 Å². The second-order valence-electron chi connectivity index (χ2n) is 8.34. The number of para-hydroxylation sites is 2. The lowest BCUT2D eigenvalue weighted by Crippen LogP contribution is -2.25. The van der Waals surface area contributed by atoms with E-state index in [-0.39, 0.29) is 5.91 Å². The molecule has 4 rings (SSSR count). The van der Waals surface area contributed by atoms with Crippen LogP contribution in [0.3, 0.4) is 0 Å². The van der Waals surface area contributed by atoms with E-state index < -0.39 is 0 Å². The maximum absolute atomic E-state index is 12.4. The largest absolute Gasteiger partial charge is 0.352 e. The van der Waals surface area contributed by atoms with Crippen LogP contribution in [-0.4, -0.2) is 22.0 Å². The van der Waals surface area contributed by atoms with Crippen LogP contribution in [0.15, 0.2) is 72.8 Å². The number of carbonyl (C=O) groups excluding carboxylic acids is 1. The monoisotopic (exact) mass is 445 g/mol. The molecule has 1 heterocycles. The van der Waals surface area contributed by atoms with E-state index in [0.717, 1.165) is 36.2 Å². The number of halogens is 1. The molecule has 164 valence electrons. The molecule has 0 bridgehead atoms. The summed E-state index contributed by atoms with van der Waals surface area (Å²) in [5.41, 5.74) is 5.24. The molecule has 0 atom stereocenters. The fourth-order valence-electron chi connectivity index (χ4n) is 3.87. The van der Waals surface area contributed by atoms with Crippen molar-refractivity contribution < 1.29 is 4.79 Å². The van der Waals surface area contributed by atoms with Crippen LogP contribution in [0.4, 0.5) is 0 Å². The zero-order valence-electron chi connectivity index (χ0n) is 18.5. The van der Waals surface area contributed by atoms with Gasteiger partial charge in [-0.2, -0.15) is 0 Å². The van der Waals surface area contributed by atoms with Crippen molar-refractivity contribution in [1.82, 2.24) is 14.9 Å². The van der Waals surface area contributed by atoms with Crippen molar-refractivity contribution in [3.8, 4) is 0 Å². The van der Waals surface area contributed by atoms with Crippen molar-refractivity contribution in [2.75, 3.05) is 6.54 Å². The Bertz CT molecular complexity index is 1210. The van der Waals surface area contributed by atoms with E-state index in [1.165, 1.54) is 11.1 Å². The molecule has 3 aromatic carbocycles. The van der Waals surface area contributed by atoms with Crippen LogP contribution in [0.25, 0.3) is 11.0 Å². The normalized spacial score (nSPS) is 11.2. The molecular weight excluding hydrogens is 418 g/mol. The predicted molar refractivity (Wildman–Crippen MR) is 131 cm³/mol. The minimum absolute atomic E-state index is 0.144. The molecular formula is C27H28ClN3O. The summed E-state index contributed by atoms with van der Waals surface area (Å²) in [6.07, 6.45) is 1.58. The number of imidazole rings is 1. The number of nitrogens with zero attached hydrogens (tertiary/aromatic N) is 2. The third kappa shape index (κ3) is 5.03. The van der Waals surface area contributed by atoms with Gasteiger partial charge < -0.3 is 9.88 Å². The molecule has 4 nitrogen and oxygen atoms in total. The van der Waals surface area contributed by atoms with Crippen molar-refractivity contribution in [3.63, 3.8) is 0 Å². The first-order valence-corrected chi connectivity index (χ1v) is 11.5. The van der Waals surface area contributed by atoms with E-state index in [9.17, 15) is 4.79 Å². The third-order valence-electron chi connectivity index (χ3n) is 5.70. The first kappa shape index (κ1) is 22.1. The predicted octanol–water partition coefficient (Wildman–Crippen LogP) is 6.22. The lowest BCUT2D eigenvalue weighted by molar-refractivity contribution is 0.0953. The van der Waals surface area contributed by atoms with E-state index in [1.807, 2.05) is 18.2 Å². The molecule has 0 aliphatic carbocycles. The van der Waals surface area contributed by atoms with Gasteiger partial charge in [0.15, 0.2) is 0 Å². The molecule has 0 spiro atoms. The van der Waals surface area contributed by atoms with Crippen molar-refractivity contribution in [2.45, 2.75) is 39.2 Å². The average molecular weight is 446 g/mol. The Morgan fingerprint density at radius 3 is 2.47 bits per heavy atom. The van der Waals surface area contributed by atoms with Crippen molar-refractivity contribution >= 4 is 28.5 Å². The standard InChI is InChI=1S/C27H28ClN3O/c1-19(2)21-15-13-20(14-16-21)18-31-25-11-6-5-10-24(25)30-26(31)12-7-17-29-27(32)22-8-3-4-9-23(22)28/h3-6,8-11,13-16,19H,7,12,17-18H2,1-2H3,(H,29,32). The van der Waals surface area contributed by atoms with Gasteiger partial charge in [-0.05, 0) is 47.7 Å². The number of aryl methyl sites for hydroxylation is 1. The molecule has 0 unspecified atom stereocenters. The van der Waals surface area contributed by atoms with Crippen LogP contribution in [0.2, 0.25) is 5.02 Å². The Morgan fingerprint density at radius 1 is 1.00 bits per heavy atom. The number of nitrogens with one attached hydrogen (secondary N) is 1. The summed E-state index contributed by atoms with van der Waals surface area (Å²) in [5, 5.41) is 3.44. The second-order valence-corrected chi connectivity index (χ2v) is 8.75. The topological polar surface area (TPSA) is 46.9 Å². The zero-order valence-corrected chi connectivity index (χ0v) is 19.3.